The standard InChI is InChI=1S/C26H28N4O2S/c1-18-5-3-4-6-22(18)23-8-7-20(15-19(23)2)30-17-21(16-24(30)31)28-10-12-29(13-11-28)26(32)25-27-9-14-33-25/h3-9,14-15,21H,10-13,16-17H2,1-2H3. The molecule has 2 aromatic carbocycles. The van der Waals surface area contributed by atoms with E-state index in [0.717, 1.165) is 18.8 Å². The number of aromatic nitrogens is 1. The summed E-state index contributed by atoms with van der Waals surface area (Å²) in [6, 6.07) is 14.9. The largest absolute Gasteiger partial charge is 0.334 e. The number of aryl methyl sites for hydroxylation is 2. The maximum Gasteiger partial charge on any atom is 0.282 e. The van der Waals surface area contributed by atoms with Crippen LogP contribution in [-0.2, 0) is 4.79 Å². The number of hydrogen-bond donors (Lipinski definition) is 0. The zero-order chi connectivity index (χ0) is 22.9. The van der Waals surface area contributed by atoms with Crippen molar-refractivity contribution in [3.05, 3.63) is 70.2 Å². The third kappa shape index (κ3) is 4.30. The molecule has 2 aliphatic rings. The lowest BCUT2D eigenvalue weighted by molar-refractivity contribution is -0.117. The molecule has 1 atom stereocenters. The van der Waals surface area contributed by atoms with Crippen LogP contribution in [0.25, 0.3) is 11.1 Å². The summed E-state index contributed by atoms with van der Waals surface area (Å²) < 4.78 is 0. The molecule has 3 aromatic rings. The Balaban J connectivity index is 1.24. The summed E-state index contributed by atoms with van der Waals surface area (Å²) in [5, 5.41) is 2.38. The Bertz CT molecular complexity index is 1170. The van der Waals surface area contributed by atoms with Crippen molar-refractivity contribution in [3.8, 4) is 11.1 Å². The van der Waals surface area contributed by atoms with E-state index in [4.69, 9.17) is 0 Å². The van der Waals surface area contributed by atoms with Crippen LogP contribution in [0, 0.1) is 13.8 Å². The van der Waals surface area contributed by atoms with E-state index in [1.165, 1.54) is 33.6 Å². The van der Waals surface area contributed by atoms with Gasteiger partial charge in [0.15, 0.2) is 5.01 Å². The predicted octanol–water partition coefficient (Wildman–Crippen LogP) is 3.99. The number of amides is 2. The zero-order valence-corrected chi connectivity index (χ0v) is 19.8. The van der Waals surface area contributed by atoms with Gasteiger partial charge in [-0.1, -0.05) is 30.3 Å². The topological polar surface area (TPSA) is 56.8 Å². The van der Waals surface area contributed by atoms with Crippen LogP contribution in [0.2, 0.25) is 0 Å². The highest BCUT2D eigenvalue weighted by molar-refractivity contribution is 7.11. The van der Waals surface area contributed by atoms with Gasteiger partial charge in [0.25, 0.3) is 5.91 Å². The van der Waals surface area contributed by atoms with Crippen LogP contribution in [0.4, 0.5) is 5.69 Å². The maximum absolute atomic E-state index is 12.9. The highest BCUT2D eigenvalue weighted by atomic mass is 32.1. The minimum atomic E-state index is 0.0120. The van der Waals surface area contributed by atoms with E-state index in [1.54, 1.807) is 6.20 Å². The SMILES string of the molecule is Cc1ccccc1-c1ccc(N2CC(N3CCN(C(=O)c4nccs4)CC3)CC2=O)cc1C. The highest BCUT2D eigenvalue weighted by Gasteiger charge is 2.36. The van der Waals surface area contributed by atoms with E-state index in [0.29, 0.717) is 31.1 Å². The first-order chi connectivity index (χ1) is 16.0. The number of rotatable bonds is 4. The van der Waals surface area contributed by atoms with Crippen molar-refractivity contribution in [2.45, 2.75) is 26.3 Å². The van der Waals surface area contributed by atoms with E-state index in [9.17, 15) is 9.59 Å². The molecule has 3 heterocycles. The molecule has 2 fully saturated rings. The quantitative estimate of drug-likeness (QED) is 0.591. The lowest BCUT2D eigenvalue weighted by atomic mass is 9.96. The van der Waals surface area contributed by atoms with Crippen LogP contribution in [0.5, 0.6) is 0 Å². The minimum Gasteiger partial charge on any atom is -0.334 e. The Hall–Kier alpha value is -3.03. The molecule has 0 bridgehead atoms. The van der Waals surface area contributed by atoms with E-state index >= 15 is 0 Å². The fourth-order valence-corrected chi connectivity index (χ4v) is 5.53. The third-order valence-electron chi connectivity index (χ3n) is 6.79. The Kier molecular flexibility index (Phi) is 6.00. The second-order valence-electron chi connectivity index (χ2n) is 8.84. The van der Waals surface area contributed by atoms with Crippen LogP contribution < -0.4 is 4.90 Å². The minimum absolute atomic E-state index is 0.0120. The van der Waals surface area contributed by atoms with Gasteiger partial charge in [-0.3, -0.25) is 14.5 Å². The van der Waals surface area contributed by atoms with Crippen molar-refractivity contribution in [1.29, 1.82) is 0 Å². The molecule has 170 valence electrons. The molecule has 7 heteroatoms. The number of hydrogen-bond acceptors (Lipinski definition) is 5. The van der Waals surface area contributed by atoms with E-state index < -0.39 is 0 Å². The molecule has 0 radical (unpaired) electrons. The van der Waals surface area contributed by atoms with Gasteiger partial charge >= 0.3 is 0 Å². The molecule has 0 N–H and O–H groups in total. The van der Waals surface area contributed by atoms with Gasteiger partial charge < -0.3 is 9.80 Å². The van der Waals surface area contributed by atoms with Crippen molar-refractivity contribution in [2.24, 2.45) is 0 Å². The monoisotopic (exact) mass is 460 g/mol. The Labute approximate surface area is 198 Å². The van der Waals surface area contributed by atoms with Crippen LogP contribution in [0.1, 0.15) is 27.3 Å². The van der Waals surface area contributed by atoms with Gasteiger partial charge in [0.2, 0.25) is 5.91 Å². The summed E-state index contributed by atoms with van der Waals surface area (Å²) >= 11 is 1.38. The van der Waals surface area contributed by atoms with E-state index in [1.807, 2.05) is 15.2 Å². The van der Waals surface area contributed by atoms with Crippen LogP contribution in [0.3, 0.4) is 0 Å². The Morgan fingerprint density at radius 3 is 2.45 bits per heavy atom. The molecule has 6 nitrogen and oxygen atoms in total. The number of carbonyl (C=O) groups excluding carboxylic acids is 2. The summed E-state index contributed by atoms with van der Waals surface area (Å²) in [5.41, 5.74) is 5.83. The van der Waals surface area contributed by atoms with Gasteiger partial charge in [0.1, 0.15) is 0 Å². The highest BCUT2D eigenvalue weighted by Crippen LogP contribution is 2.32. The lowest BCUT2D eigenvalue weighted by Gasteiger charge is -2.37. The van der Waals surface area contributed by atoms with Crippen molar-refractivity contribution in [3.63, 3.8) is 0 Å². The van der Waals surface area contributed by atoms with E-state index in [-0.39, 0.29) is 17.9 Å². The van der Waals surface area contributed by atoms with Crippen molar-refractivity contribution >= 4 is 28.8 Å². The Morgan fingerprint density at radius 2 is 1.76 bits per heavy atom. The van der Waals surface area contributed by atoms with Gasteiger partial charge in [-0.2, -0.15) is 0 Å². The van der Waals surface area contributed by atoms with Crippen molar-refractivity contribution in [1.82, 2.24) is 14.8 Å². The summed E-state index contributed by atoms with van der Waals surface area (Å²) in [4.78, 5) is 35.8. The predicted molar refractivity (Wildman–Crippen MR) is 132 cm³/mol. The first-order valence-electron chi connectivity index (χ1n) is 11.4. The summed E-state index contributed by atoms with van der Waals surface area (Å²) in [7, 11) is 0. The number of carbonyl (C=O) groups is 2. The average molecular weight is 461 g/mol. The first-order valence-corrected chi connectivity index (χ1v) is 12.3. The first kappa shape index (κ1) is 21.8. The summed E-state index contributed by atoms with van der Waals surface area (Å²) in [5.74, 6) is 0.183. The normalized spacial score (nSPS) is 19.3. The molecule has 0 saturated carbocycles. The van der Waals surface area contributed by atoms with Gasteiger partial charge in [-0.25, -0.2) is 4.98 Å². The maximum atomic E-state index is 12.9. The fourth-order valence-electron chi connectivity index (χ4n) is 4.93. The summed E-state index contributed by atoms with van der Waals surface area (Å²) in [6.45, 7) is 7.86. The van der Waals surface area contributed by atoms with Gasteiger partial charge in [-0.05, 0) is 48.2 Å². The molecule has 0 spiro atoms. The van der Waals surface area contributed by atoms with Crippen LogP contribution in [-0.4, -0.2) is 65.4 Å². The van der Waals surface area contributed by atoms with Crippen molar-refractivity contribution < 1.29 is 9.59 Å². The second kappa shape index (κ2) is 9.08. The lowest BCUT2D eigenvalue weighted by Crippen LogP contribution is -2.52. The second-order valence-corrected chi connectivity index (χ2v) is 9.74. The number of nitrogens with zero attached hydrogens (tertiary/aromatic N) is 4. The van der Waals surface area contributed by atoms with Crippen molar-refractivity contribution in [2.75, 3.05) is 37.6 Å². The summed E-state index contributed by atoms with van der Waals surface area (Å²) in [6.07, 6.45) is 2.20. The molecule has 0 aliphatic carbocycles. The van der Waals surface area contributed by atoms with Gasteiger partial charge in [-0.15, -0.1) is 11.3 Å². The molecular formula is C26H28N4O2S. The molecule has 1 unspecified atom stereocenters. The van der Waals surface area contributed by atoms with E-state index in [2.05, 4.69) is 66.2 Å². The number of thiazole rings is 1. The number of anilines is 1. The zero-order valence-electron chi connectivity index (χ0n) is 19.0. The third-order valence-corrected chi connectivity index (χ3v) is 7.56. The molecule has 2 aliphatic heterocycles. The molecule has 2 saturated heterocycles. The number of benzene rings is 2. The molecule has 33 heavy (non-hydrogen) atoms. The fraction of sp³-hybridized carbons (Fsp3) is 0.346. The molecule has 5 rings (SSSR count). The van der Waals surface area contributed by atoms with Crippen LogP contribution >= 0.6 is 11.3 Å². The average Bonchev–Trinajstić information content (AvgIpc) is 3.50. The smallest absolute Gasteiger partial charge is 0.282 e. The molecule has 2 amide bonds. The molecular weight excluding hydrogens is 432 g/mol. The Morgan fingerprint density at radius 1 is 1.00 bits per heavy atom. The molecule has 1 aromatic heterocycles. The van der Waals surface area contributed by atoms with Crippen LogP contribution in [0.15, 0.2) is 54.0 Å². The number of piperazine rings is 1. The van der Waals surface area contributed by atoms with Gasteiger partial charge in [0.05, 0.1) is 0 Å². The van der Waals surface area contributed by atoms with Gasteiger partial charge in [0, 0.05) is 62.5 Å².